The molecule has 120 valence electrons. The number of carbonyl (C=O) groups is 1. The Morgan fingerprint density at radius 2 is 1.59 bits per heavy atom. The highest BCUT2D eigenvalue weighted by molar-refractivity contribution is 6.13. The summed E-state index contributed by atoms with van der Waals surface area (Å²) >= 11 is 0. The van der Waals surface area contributed by atoms with Gasteiger partial charge < -0.3 is 5.11 Å². The molecule has 22 heavy (non-hydrogen) atoms. The summed E-state index contributed by atoms with van der Waals surface area (Å²) in [5.74, 6) is -3.21. The van der Waals surface area contributed by atoms with Crippen LogP contribution >= 0.6 is 0 Å². The van der Waals surface area contributed by atoms with E-state index in [1.807, 2.05) is 0 Å². The van der Waals surface area contributed by atoms with Crippen LogP contribution in [-0.4, -0.2) is 23.3 Å². The quantitative estimate of drug-likeness (QED) is 0.388. The molecule has 0 saturated carbocycles. The SMILES string of the molecule is CC(=O)C(C=Nc1ccc(C(F)(F)F)cc1)=C(O)C(F)(F)F. The molecular formula is C13H9F6NO2. The summed E-state index contributed by atoms with van der Waals surface area (Å²) in [4.78, 5) is 14.5. The second-order valence-electron chi connectivity index (χ2n) is 4.12. The fraction of sp³-hybridized carbons (Fsp3) is 0.231. The normalized spacial score (nSPS) is 14.1. The molecule has 1 N–H and O–H groups in total. The van der Waals surface area contributed by atoms with Crippen molar-refractivity contribution >= 4 is 17.7 Å². The van der Waals surface area contributed by atoms with Crippen molar-refractivity contribution < 1.29 is 36.2 Å². The van der Waals surface area contributed by atoms with Crippen LogP contribution in [0, 0.1) is 0 Å². The third-order valence-corrected chi connectivity index (χ3v) is 2.44. The van der Waals surface area contributed by atoms with Gasteiger partial charge in [-0.15, -0.1) is 0 Å². The number of aliphatic hydroxyl groups excluding tert-OH is 1. The second kappa shape index (κ2) is 6.20. The molecule has 0 aliphatic heterocycles. The monoisotopic (exact) mass is 325 g/mol. The molecule has 0 fully saturated rings. The van der Waals surface area contributed by atoms with Crippen molar-refractivity contribution in [3.05, 3.63) is 41.2 Å². The Morgan fingerprint density at radius 3 is 1.95 bits per heavy atom. The van der Waals surface area contributed by atoms with Crippen LogP contribution in [0.4, 0.5) is 32.0 Å². The molecule has 1 aromatic rings. The van der Waals surface area contributed by atoms with E-state index >= 15 is 0 Å². The molecule has 0 radical (unpaired) electrons. The van der Waals surface area contributed by atoms with E-state index in [4.69, 9.17) is 5.11 Å². The molecule has 0 unspecified atom stereocenters. The van der Waals surface area contributed by atoms with E-state index in [9.17, 15) is 31.1 Å². The van der Waals surface area contributed by atoms with Gasteiger partial charge in [-0.05, 0) is 31.2 Å². The maximum Gasteiger partial charge on any atom is 0.449 e. The minimum Gasteiger partial charge on any atom is -0.504 e. The van der Waals surface area contributed by atoms with Crippen LogP contribution in [0.1, 0.15) is 12.5 Å². The molecule has 0 bridgehead atoms. The lowest BCUT2D eigenvalue weighted by Crippen LogP contribution is -2.17. The highest BCUT2D eigenvalue weighted by Gasteiger charge is 2.37. The first kappa shape index (κ1) is 17.7. The number of rotatable bonds is 3. The van der Waals surface area contributed by atoms with Crippen LogP contribution < -0.4 is 0 Å². The van der Waals surface area contributed by atoms with E-state index in [-0.39, 0.29) is 5.69 Å². The fourth-order valence-electron chi connectivity index (χ4n) is 1.35. The van der Waals surface area contributed by atoms with E-state index in [2.05, 4.69) is 4.99 Å². The Hall–Kier alpha value is -2.32. The van der Waals surface area contributed by atoms with E-state index in [1.54, 1.807) is 0 Å². The van der Waals surface area contributed by atoms with Gasteiger partial charge in [0, 0.05) is 6.21 Å². The number of ketones is 1. The van der Waals surface area contributed by atoms with Gasteiger partial charge in [0.1, 0.15) is 0 Å². The second-order valence-corrected chi connectivity index (χ2v) is 4.12. The van der Waals surface area contributed by atoms with E-state index < -0.39 is 35.0 Å². The molecule has 0 heterocycles. The summed E-state index contributed by atoms with van der Waals surface area (Å²) in [6.07, 6.45) is -9.23. The molecule has 1 rings (SSSR count). The molecule has 0 atom stereocenters. The van der Waals surface area contributed by atoms with Crippen LogP contribution in [-0.2, 0) is 11.0 Å². The summed E-state index contributed by atoms with van der Waals surface area (Å²) in [5, 5.41) is 8.94. The van der Waals surface area contributed by atoms with Crippen molar-refractivity contribution in [3.8, 4) is 0 Å². The standard InChI is InChI=1S/C13H9F6NO2/c1-7(21)10(11(22)13(17,18)19)6-20-9-4-2-8(3-5-9)12(14,15)16/h2-6,22H,1H3. The molecule has 9 heteroatoms. The smallest absolute Gasteiger partial charge is 0.449 e. The van der Waals surface area contributed by atoms with Gasteiger partial charge in [-0.25, -0.2) is 0 Å². The number of allylic oxidation sites excluding steroid dienone is 2. The largest absolute Gasteiger partial charge is 0.504 e. The third-order valence-electron chi connectivity index (χ3n) is 2.44. The van der Waals surface area contributed by atoms with Gasteiger partial charge in [0.15, 0.2) is 5.78 Å². The summed E-state index contributed by atoms with van der Waals surface area (Å²) in [6, 6.07) is 3.21. The molecular weight excluding hydrogens is 316 g/mol. The Bertz CT molecular complexity index is 611. The lowest BCUT2D eigenvalue weighted by atomic mass is 10.1. The molecule has 0 aliphatic rings. The number of benzene rings is 1. The number of carbonyl (C=O) groups excluding carboxylic acids is 1. The van der Waals surface area contributed by atoms with Gasteiger partial charge in [0.05, 0.1) is 16.8 Å². The zero-order valence-corrected chi connectivity index (χ0v) is 11.0. The Balaban J connectivity index is 3.11. The number of Topliss-reactive ketones (excluding diaryl/α,β-unsaturated/α-hetero) is 1. The molecule has 0 amide bonds. The molecule has 0 spiro atoms. The number of aliphatic hydroxyl groups is 1. The summed E-state index contributed by atoms with van der Waals surface area (Å²) in [7, 11) is 0. The number of aliphatic imine (C=N–C) groups is 1. The van der Waals surface area contributed by atoms with Gasteiger partial charge in [-0.3, -0.25) is 9.79 Å². The number of halogens is 6. The predicted molar refractivity (Wildman–Crippen MR) is 66.0 cm³/mol. The van der Waals surface area contributed by atoms with Gasteiger partial charge in [0.25, 0.3) is 0 Å². The topological polar surface area (TPSA) is 49.7 Å². The predicted octanol–water partition coefficient (Wildman–Crippen LogP) is 4.37. The molecule has 0 aliphatic carbocycles. The average molecular weight is 325 g/mol. The Labute approximate surface area is 120 Å². The summed E-state index contributed by atoms with van der Waals surface area (Å²) < 4.78 is 74.0. The average Bonchev–Trinajstić information content (AvgIpc) is 2.36. The van der Waals surface area contributed by atoms with Crippen LogP contribution in [0.2, 0.25) is 0 Å². The minimum absolute atomic E-state index is 0.110. The van der Waals surface area contributed by atoms with Gasteiger partial charge in [-0.2, -0.15) is 26.3 Å². The first-order chi connectivity index (χ1) is 9.93. The molecule has 0 saturated heterocycles. The van der Waals surface area contributed by atoms with Crippen molar-refractivity contribution in [1.29, 1.82) is 0 Å². The van der Waals surface area contributed by atoms with Crippen molar-refractivity contribution in [3.63, 3.8) is 0 Å². The van der Waals surface area contributed by atoms with Crippen molar-refractivity contribution in [2.75, 3.05) is 0 Å². The van der Waals surface area contributed by atoms with Crippen molar-refractivity contribution in [1.82, 2.24) is 0 Å². The Kier molecular flexibility index (Phi) is 5.00. The van der Waals surface area contributed by atoms with Crippen molar-refractivity contribution in [2.45, 2.75) is 19.3 Å². The van der Waals surface area contributed by atoms with E-state index in [1.165, 1.54) is 0 Å². The van der Waals surface area contributed by atoms with Crippen molar-refractivity contribution in [2.24, 2.45) is 4.99 Å². The maximum atomic E-state index is 12.3. The maximum absolute atomic E-state index is 12.3. The van der Waals surface area contributed by atoms with Gasteiger partial charge in [-0.1, -0.05) is 0 Å². The number of hydrogen-bond donors (Lipinski definition) is 1. The fourth-order valence-corrected chi connectivity index (χ4v) is 1.35. The number of hydrogen-bond acceptors (Lipinski definition) is 3. The van der Waals surface area contributed by atoms with Gasteiger partial charge in [0.2, 0.25) is 5.76 Å². The van der Waals surface area contributed by atoms with Gasteiger partial charge >= 0.3 is 12.4 Å². The minimum atomic E-state index is -5.13. The first-order valence-corrected chi connectivity index (χ1v) is 5.65. The highest BCUT2D eigenvalue weighted by atomic mass is 19.4. The molecule has 0 aromatic heterocycles. The third kappa shape index (κ3) is 4.61. The van der Waals surface area contributed by atoms with E-state index in [0.717, 1.165) is 19.1 Å². The van der Waals surface area contributed by atoms with E-state index in [0.29, 0.717) is 18.3 Å². The zero-order chi connectivity index (χ0) is 17.1. The summed E-state index contributed by atoms with van der Waals surface area (Å²) in [5.41, 5.74) is -2.15. The zero-order valence-electron chi connectivity index (χ0n) is 11.0. The highest BCUT2D eigenvalue weighted by Crippen LogP contribution is 2.30. The van der Waals surface area contributed by atoms with Crippen LogP contribution in [0.15, 0.2) is 40.6 Å². The lowest BCUT2D eigenvalue weighted by molar-refractivity contribution is -0.137. The van der Waals surface area contributed by atoms with Crippen LogP contribution in [0.25, 0.3) is 0 Å². The Morgan fingerprint density at radius 1 is 1.09 bits per heavy atom. The number of nitrogens with zero attached hydrogens (tertiary/aromatic N) is 1. The van der Waals surface area contributed by atoms with Crippen LogP contribution in [0.5, 0.6) is 0 Å². The molecule has 3 nitrogen and oxygen atoms in total. The number of alkyl halides is 6. The first-order valence-electron chi connectivity index (χ1n) is 5.65. The molecule has 1 aromatic carbocycles. The van der Waals surface area contributed by atoms with Crippen LogP contribution in [0.3, 0.4) is 0 Å². The summed E-state index contributed by atoms with van der Waals surface area (Å²) in [6.45, 7) is 0.788. The lowest BCUT2D eigenvalue weighted by Gasteiger charge is -2.08.